The molecule has 27 heavy (non-hydrogen) atoms. The lowest BCUT2D eigenvalue weighted by atomic mass is 9.84. The summed E-state index contributed by atoms with van der Waals surface area (Å²) in [5.74, 6) is 0.839. The third-order valence-electron chi connectivity index (χ3n) is 5.91. The van der Waals surface area contributed by atoms with E-state index >= 15 is 0 Å². The van der Waals surface area contributed by atoms with Gasteiger partial charge in [-0.15, -0.1) is 0 Å². The van der Waals surface area contributed by atoms with Crippen LogP contribution in [-0.2, 0) is 11.3 Å². The monoisotopic (exact) mass is 374 g/mol. The quantitative estimate of drug-likeness (QED) is 0.476. The highest BCUT2D eigenvalue weighted by Gasteiger charge is 2.34. The molecule has 0 saturated carbocycles. The zero-order valence-corrected chi connectivity index (χ0v) is 16.5. The van der Waals surface area contributed by atoms with E-state index in [4.69, 9.17) is 4.74 Å². The summed E-state index contributed by atoms with van der Waals surface area (Å²) in [5, 5.41) is 16.3. The van der Waals surface area contributed by atoms with Crippen LogP contribution in [0.2, 0.25) is 0 Å². The average molecular weight is 375 g/mol. The first kappa shape index (κ1) is 20.1. The Hall–Kier alpha value is -1.63. The van der Waals surface area contributed by atoms with E-state index < -0.39 is 0 Å². The fourth-order valence-corrected chi connectivity index (χ4v) is 4.17. The second-order valence-corrected chi connectivity index (χ2v) is 7.83. The second kappa shape index (κ2) is 10.1. The molecular formula is C21H34N4O2. The van der Waals surface area contributed by atoms with Crippen molar-refractivity contribution in [1.82, 2.24) is 15.5 Å². The summed E-state index contributed by atoms with van der Waals surface area (Å²) in [7, 11) is 1.82. The molecule has 6 nitrogen and oxygen atoms in total. The van der Waals surface area contributed by atoms with Crippen LogP contribution in [0, 0.1) is 5.41 Å². The lowest BCUT2D eigenvalue weighted by Crippen LogP contribution is -2.48. The minimum Gasteiger partial charge on any atom is -0.396 e. The van der Waals surface area contributed by atoms with Gasteiger partial charge in [-0.05, 0) is 37.8 Å². The normalized spacial score (nSPS) is 26.4. The third kappa shape index (κ3) is 5.67. The van der Waals surface area contributed by atoms with Crippen molar-refractivity contribution >= 4 is 5.96 Å². The number of guanidine groups is 1. The van der Waals surface area contributed by atoms with E-state index in [2.05, 4.69) is 50.9 Å². The second-order valence-electron chi connectivity index (χ2n) is 7.83. The van der Waals surface area contributed by atoms with Crippen molar-refractivity contribution in [2.75, 3.05) is 46.5 Å². The average Bonchev–Trinajstić information content (AvgIpc) is 3.33. The molecule has 6 heteroatoms. The Morgan fingerprint density at radius 1 is 1.33 bits per heavy atom. The molecule has 2 unspecified atom stereocenters. The Morgan fingerprint density at radius 3 is 2.89 bits per heavy atom. The molecule has 2 atom stereocenters. The summed E-state index contributed by atoms with van der Waals surface area (Å²) in [6.45, 7) is 5.55. The van der Waals surface area contributed by atoms with Crippen molar-refractivity contribution in [1.29, 1.82) is 0 Å². The number of likely N-dealkylation sites (tertiary alicyclic amines) is 1. The van der Waals surface area contributed by atoms with Crippen LogP contribution in [0.25, 0.3) is 0 Å². The van der Waals surface area contributed by atoms with Gasteiger partial charge in [0.15, 0.2) is 5.96 Å². The predicted octanol–water partition coefficient (Wildman–Crippen LogP) is 1.61. The number of aliphatic imine (C=N–C) groups is 1. The highest BCUT2D eigenvalue weighted by atomic mass is 16.5. The smallest absolute Gasteiger partial charge is 0.191 e. The Bertz CT molecular complexity index is 587. The van der Waals surface area contributed by atoms with Crippen LogP contribution in [0.1, 0.15) is 31.2 Å². The maximum atomic E-state index is 9.38. The number of ether oxygens (including phenoxy) is 1. The highest BCUT2D eigenvalue weighted by Crippen LogP contribution is 2.31. The standard InChI is InChI=1S/C21H34N4O2/c1-22-20(24-16-21(9-12-26)10-13-27-17-21)23-14-19-8-5-11-25(19)15-18-6-3-2-4-7-18/h2-4,6-7,19,26H,5,8-17H2,1H3,(H2,22,23,24). The summed E-state index contributed by atoms with van der Waals surface area (Å²) >= 11 is 0. The van der Waals surface area contributed by atoms with Crippen LogP contribution in [0.15, 0.2) is 35.3 Å². The number of nitrogens with one attached hydrogen (secondary N) is 2. The Balaban J connectivity index is 1.47. The van der Waals surface area contributed by atoms with E-state index in [1.807, 2.05) is 7.05 Å². The molecule has 2 fully saturated rings. The summed E-state index contributed by atoms with van der Waals surface area (Å²) < 4.78 is 5.57. The van der Waals surface area contributed by atoms with E-state index in [0.29, 0.717) is 12.6 Å². The molecule has 1 aromatic rings. The Labute approximate surface area is 163 Å². The van der Waals surface area contributed by atoms with Gasteiger partial charge in [0.2, 0.25) is 0 Å². The maximum Gasteiger partial charge on any atom is 0.191 e. The van der Waals surface area contributed by atoms with E-state index in [1.54, 1.807) is 0 Å². The topological polar surface area (TPSA) is 69.1 Å². The molecular weight excluding hydrogens is 340 g/mol. The molecule has 0 aliphatic carbocycles. The third-order valence-corrected chi connectivity index (χ3v) is 5.91. The number of nitrogens with zero attached hydrogens (tertiary/aromatic N) is 2. The van der Waals surface area contributed by atoms with Crippen LogP contribution >= 0.6 is 0 Å². The van der Waals surface area contributed by atoms with Crippen LogP contribution in [0.5, 0.6) is 0 Å². The van der Waals surface area contributed by atoms with Crippen LogP contribution < -0.4 is 10.6 Å². The molecule has 150 valence electrons. The van der Waals surface area contributed by atoms with Gasteiger partial charge < -0.3 is 20.5 Å². The molecule has 0 radical (unpaired) electrons. The highest BCUT2D eigenvalue weighted by molar-refractivity contribution is 5.79. The number of aliphatic hydroxyl groups is 1. The first-order valence-electron chi connectivity index (χ1n) is 10.2. The molecule has 3 rings (SSSR count). The van der Waals surface area contributed by atoms with Crippen molar-refractivity contribution in [3.05, 3.63) is 35.9 Å². The van der Waals surface area contributed by atoms with Crippen molar-refractivity contribution < 1.29 is 9.84 Å². The van der Waals surface area contributed by atoms with Gasteiger partial charge in [-0.1, -0.05) is 30.3 Å². The van der Waals surface area contributed by atoms with Gasteiger partial charge in [0, 0.05) is 51.4 Å². The molecule has 0 amide bonds. The number of rotatable bonds is 8. The van der Waals surface area contributed by atoms with Gasteiger partial charge in [-0.25, -0.2) is 0 Å². The fraction of sp³-hybridized carbons (Fsp3) is 0.667. The van der Waals surface area contributed by atoms with Gasteiger partial charge >= 0.3 is 0 Å². The minimum absolute atomic E-state index is 0.0269. The lowest BCUT2D eigenvalue weighted by molar-refractivity contribution is 0.127. The Kier molecular flexibility index (Phi) is 7.50. The number of hydrogen-bond acceptors (Lipinski definition) is 4. The zero-order valence-electron chi connectivity index (χ0n) is 16.5. The van der Waals surface area contributed by atoms with Crippen molar-refractivity contribution in [3.8, 4) is 0 Å². The van der Waals surface area contributed by atoms with Gasteiger partial charge in [-0.3, -0.25) is 9.89 Å². The van der Waals surface area contributed by atoms with Crippen molar-refractivity contribution in [2.45, 2.75) is 38.3 Å². The molecule has 0 spiro atoms. The lowest BCUT2D eigenvalue weighted by Gasteiger charge is -2.29. The zero-order chi connectivity index (χ0) is 19.0. The molecule has 0 aromatic heterocycles. The molecule has 2 aliphatic rings. The SMILES string of the molecule is CN=C(NCC1CCCN1Cc1ccccc1)NCC1(CCO)CCOC1. The van der Waals surface area contributed by atoms with Crippen LogP contribution in [-0.4, -0.2) is 68.5 Å². The van der Waals surface area contributed by atoms with E-state index in [9.17, 15) is 5.11 Å². The van der Waals surface area contributed by atoms with Gasteiger partial charge in [0.05, 0.1) is 6.61 Å². The first-order valence-corrected chi connectivity index (χ1v) is 10.2. The van der Waals surface area contributed by atoms with Gasteiger partial charge in [-0.2, -0.15) is 0 Å². The van der Waals surface area contributed by atoms with Crippen molar-refractivity contribution in [3.63, 3.8) is 0 Å². The molecule has 2 heterocycles. The summed E-state index contributed by atoms with van der Waals surface area (Å²) in [5.41, 5.74) is 1.40. The molecule has 2 aliphatic heterocycles. The molecule has 1 aromatic carbocycles. The van der Waals surface area contributed by atoms with E-state index in [1.165, 1.54) is 18.4 Å². The van der Waals surface area contributed by atoms with Gasteiger partial charge in [0.1, 0.15) is 0 Å². The molecule has 0 bridgehead atoms. The summed E-state index contributed by atoms with van der Waals surface area (Å²) in [6.07, 6.45) is 4.23. The van der Waals surface area contributed by atoms with Crippen LogP contribution in [0.4, 0.5) is 0 Å². The van der Waals surface area contributed by atoms with E-state index in [0.717, 1.165) is 51.6 Å². The Morgan fingerprint density at radius 2 is 2.19 bits per heavy atom. The first-order chi connectivity index (χ1) is 13.2. The largest absolute Gasteiger partial charge is 0.396 e. The minimum atomic E-state index is 0.0269. The van der Waals surface area contributed by atoms with Gasteiger partial charge in [0.25, 0.3) is 0 Å². The number of benzene rings is 1. The maximum absolute atomic E-state index is 9.38. The van der Waals surface area contributed by atoms with E-state index in [-0.39, 0.29) is 12.0 Å². The number of hydrogen-bond donors (Lipinski definition) is 3. The summed E-state index contributed by atoms with van der Waals surface area (Å²) in [6, 6.07) is 11.2. The fourth-order valence-electron chi connectivity index (χ4n) is 4.17. The predicted molar refractivity (Wildman–Crippen MR) is 109 cm³/mol. The number of aliphatic hydroxyl groups excluding tert-OH is 1. The van der Waals surface area contributed by atoms with Crippen molar-refractivity contribution in [2.24, 2.45) is 10.4 Å². The molecule has 3 N–H and O–H groups in total. The molecule has 2 saturated heterocycles. The summed E-state index contributed by atoms with van der Waals surface area (Å²) in [4.78, 5) is 6.95. The van der Waals surface area contributed by atoms with Crippen LogP contribution in [0.3, 0.4) is 0 Å².